The Morgan fingerprint density at radius 3 is 2.68 bits per heavy atom. The molecule has 0 saturated heterocycles. The summed E-state index contributed by atoms with van der Waals surface area (Å²) in [6, 6.07) is 16.0. The number of unbranched alkanes of at least 4 members (excludes halogenated alkanes) is 1. The summed E-state index contributed by atoms with van der Waals surface area (Å²) in [5, 5.41) is 2.99. The van der Waals surface area contributed by atoms with E-state index in [4.69, 9.17) is 4.74 Å². The van der Waals surface area contributed by atoms with Gasteiger partial charge in [-0.15, -0.1) is 0 Å². The van der Waals surface area contributed by atoms with Crippen LogP contribution in [0.3, 0.4) is 0 Å². The second-order valence-corrected chi connectivity index (χ2v) is 6.46. The second kappa shape index (κ2) is 8.67. The molecular formula is C21H26N2O2. The van der Waals surface area contributed by atoms with Crippen molar-refractivity contribution in [2.75, 3.05) is 26.7 Å². The molecule has 4 heteroatoms. The molecule has 1 heterocycles. The van der Waals surface area contributed by atoms with Crippen LogP contribution in [0.5, 0.6) is 5.75 Å². The molecule has 1 aliphatic heterocycles. The van der Waals surface area contributed by atoms with Crippen molar-refractivity contribution in [2.24, 2.45) is 0 Å². The molecule has 0 unspecified atom stereocenters. The number of carbonyl (C=O) groups is 1. The SMILES string of the molecule is COc1ccccc1C(=O)NCCCCN1CCc2ccccc2C1. The number of carbonyl (C=O) groups excluding carboxylic acids is 1. The minimum absolute atomic E-state index is 0.0654. The molecule has 0 radical (unpaired) electrons. The van der Waals surface area contributed by atoms with Crippen molar-refractivity contribution in [3.05, 3.63) is 65.2 Å². The highest BCUT2D eigenvalue weighted by Gasteiger charge is 2.15. The van der Waals surface area contributed by atoms with Gasteiger partial charge in [0.2, 0.25) is 0 Å². The van der Waals surface area contributed by atoms with E-state index in [1.165, 1.54) is 11.1 Å². The van der Waals surface area contributed by atoms with Crippen LogP contribution in [-0.2, 0) is 13.0 Å². The van der Waals surface area contributed by atoms with Crippen LogP contribution in [0.2, 0.25) is 0 Å². The summed E-state index contributed by atoms with van der Waals surface area (Å²) in [5.41, 5.74) is 3.54. The highest BCUT2D eigenvalue weighted by atomic mass is 16.5. The first-order valence-electron chi connectivity index (χ1n) is 8.98. The van der Waals surface area contributed by atoms with Gasteiger partial charge in [0.05, 0.1) is 12.7 Å². The average Bonchev–Trinajstić information content (AvgIpc) is 2.67. The van der Waals surface area contributed by atoms with Crippen LogP contribution in [-0.4, -0.2) is 37.6 Å². The van der Waals surface area contributed by atoms with Crippen LogP contribution in [0.15, 0.2) is 48.5 Å². The molecular weight excluding hydrogens is 312 g/mol. The third-order valence-electron chi connectivity index (χ3n) is 4.75. The fourth-order valence-electron chi connectivity index (χ4n) is 3.33. The molecule has 3 rings (SSSR count). The Morgan fingerprint density at radius 2 is 1.84 bits per heavy atom. The summed E-state index contributed by atoms with van der Waals surface area (Å²) in [6.45, 7) is 3.95. The van der Waals surface area contributed by atoms with E-state index < -0.39 is 0 Å². The zero-order chi connectivity index (χ0) is 17.5. The number of benzene rings is 2. The van der Waals surface area contributed by atoms with E-state index in [-0.39, 0.29) is 5.91 Å². The molecule has 0 spiro atoms. The summed E-state index contributed by atoms with van der Waals surface area (Å²) in [4.78, 5) is 14.7. The standard InChI is InChI=1S/C21H26N2O2/c1-25-20-11-5-4-10-19(20)21(24)22-13-6-7-14-23-15-12-17-8-2-3-9-18(17)16-23/h2-5,8-11H,6-7,12-16H2,1H3,(H,22,24). The van der Waals surface area contributed by atoms with Crippen LogP contribution in [0.25, 0.3) is 0 Å². The Hall–Kier alpha value is -2.33. The number of hydrogen-bond donors (Lipinski definition) is 1. The van der Waals surface area contributed by atoms with Crippen molar-refractivity contribution in [1.29, 1.82) is 0 Å². The molecule has 0 bridgehead atoms. The highest BCUT2D eigenvalue weighted by molar-refractivity contribution is 5.96. The van der Waals surface area contributed by atoms with Gasteiger partial charge in [0.1, 0.15) is 5.75 Å². The van der Waals surface area contributed by atoms with E-state index >= 15 is 0 Å². The average molecular weight is 338 g/mol. The van der Waals surface area contributed by atoms with Crippen LogP contribution < -0.4 is 10.1 Å². The lowest BCUT2D eigenvalue weighted by Crippen LogP contribution is -2.32. The molecule has 0 fully saturated rings. The largest absolute Gasteiger partial charge is 0.496 e. The van der Waals surface area contributed by atoms with E-state index in [1.54, 1.807) is 13.2 Å². The maximum atomic E-state index is 12.2. The zero-order valence-corrected chi connectivity index (χ0v) is 14.8. The minimum Gasteiger partial charge on any atom is -0.496 e. The van der Waals surface area contributed by atoms with Crippen LogP contribution in [0.4, 0.5) is 0 Å². The fourth-order valence-corrected chi connectivity index (χ4v) is 3.33. The lowest BCUT2D eigenvalue weighted by atomic mass is 10.00. The van der Waals surface area contributed by atoms with Crippen molar-refractivity contribution in [3.63, 3.8) is 0 Å². The number of para-hydroxylation sites is 1. The summed E-state index contributed by atoms with van der Waals surface area (Å²) < 4.78 is 5.23. The van der Waals surface area contributed by atoms with Gasteiger partial charge in [-0.25, -0.2) is 0 Å². The Labute approximate surface area is 149 Å². The topological polar surface area (TPSA) is 41.6 Å². The monoisotopic (exact) mass is 338 g/mol. The van der Waals surface area contributed by atoms with Crippen LogP contribution in [0.1, 0.15) is 34.3 Å². The predicted molar refractivity (Wildman–Crippen MR) is 100.0 cm³/mol. The smallest absolute Gasteiger partial charge is 0.255 e. The molecule has 1 N–H and O–H groups in total. The first-order chi connectivity index (χ1) is 12.3. The van der Waals surface area contributed by atoms with Crippen molar-refractivity contribution in [2.45, 2.75) is 25.8 Å². The molecule has 1 aliphatic rings. The fraction of sp³-hybridized carbons (Fsp3) is 0.381. The van der Waals surface area contributed by atoms with E-state index in [0.717, 1.165) is 38.9 Å². The van der Waals surface area contributed by atoms with E-state index in [2.05, 4.69) is 34.5 Å². The highest BCUT2D eigenvalue weighted by Crippen LogP contribution is 2.19. The van der Waals surface area contributed by atoms with E-state index in [0.29, 0.717) is 17.9 Å². The third kappa shape index (κ3) is 4.60. The second-order valence-electron chi connectivity index (χ2n) is 6.46. The number of nitrogens with zero attached hydrogens (tertiary/aromatic N) is 1. The van der Waals surface area contributed by atoms with Crippen molar-refractivity contribution in [1.82, 2.24) is 10.2 Å². The summed E-state index contributed by atoms with van der Waals surface area (Å²) in [7, 11) is 1.59. The van der Waals surface area contributed by atoms with Gasteiger partial charge in [-0.2, -0.15) is 0 Å². The first kappa shape index (κ1) is 17.5. The van der Waals surface area contributed by atoms with Crippen LogP contribution >= 0.6 is 0 Å². The number of nitrogens with one attached hydrogen (secondary N) is 1. The lowest BCUT2D eigenvalue weighted by molar-refractivity contribution is 0.0949. The third-order valence-corrected chi connectivity index (χ3v) is 4.75. The predicted octanol–water partition coefficient (Wildman–Crippen LogP) is 3.26. The minimum atomic E-state index is -0.0654. The molecule has 4 nitrogen and oxygen atoms in total. The van der Waals surface area contributed by atoms with Crippen molar-refractivity contribution < 1.29 is 9.53 Å². The van der Waals surface area contributed by atoms with Gasteiger partial charge in [0.25, 0.3) is 5.91 Å². The van der Waals surface area contributed by atoms with Crippen molar-refractivity contribution in [3.8, 4) is 5.75 Å². The van der Waals surface area contributed by atoms with Gasteiger partial charge in [-0.1, -0.05) is 36.4 Å². The number of fused-ring (bicyclic) bond motifs is 1. The molecule has 0 atom stereocenters. The van der Waals surface area contributed by atoms with E-state index in [9.17, 15) is 4.79 Å². The van der Waals surface area contributed by atoms with Gasteiger partial charge in [0, 0.05) is 19.6 Å². The van der Waals surface area contributed by atoms with Gasteiger partial charge in [-0.05, 0) is 49.1 Å². The number of amides is 1. The molecule has 0 aliphatic carbocycles. The maximum Gasteiger partial charge on any atom is 0.255 e. The zero-order valence-electron chi connectivity index (χ0n) is 14.8. The Balaban J connectivity index is 1.37. The molecule has 25 heavy (non-hydrogen) atoms. The molecule has 2 aromatic rings. The van der Waals surface area contributed by atoms with Gasteiger partial charge >= 0.3 is 0 Å². The number of methoxy groups -OCH3 is 1. The molecule has 132 valence electrons. The van der Waals surface area contributed by atoms with Crippen molar-refractivity contribution >= 4 is 5.91 Å². The van der Waals surface area contributed by atoms with Gasteiger partial charge < -0.3 is 10.1 Å². The van der Waals surface area contributed by atoms with E-state index in [1.807, 2.05) is 18.2 Å². The van der Waals surface area contributed by atoms with Gasteiger partial charge in [0.15, 0.2) is 0 Å². The Kier molecular flexibility index (Phi) is 6.07. The quantitative estimate of drug-likeness (QED) is 0.788. The number of rotatable bonds is 7. The normalized spacial score (nSPS) is 14.0. The van der Waals surface area contributed by atoms with Crippen LogP contribution in [0, 0.1) is 0 Å². The molecule has 1 amide bonds. The maximum absolute atomic E-state index is 12.2. The molecule has 2 aromatic carbocycles. The first-order valence-corrected chi connectivity index (χ1v) is 8.98. The number of hydrogen-bond acceptors (Lipinski definition) is 3. The summed E-state index contributed by atoms with van der Waals surface area (Å²) in [5.74, 6) is 0.552. The summed E-state index contributed by atoms with van der Waals surface area (Å²) >= 11 is 0. The summed E-state index contributed by atoms with van der Waals surface area (Å²) in [6.07, 6.45) is 3.22. The molecule has 0 saturated carbocycles. The lowest BCUT2D eigenvalue weighted by Gasteiger charge is -2.28. The Morgan fingerprint density at radius 1 is 1.08 bits per heavy atom. The van der Waals surface area contributed by atoms with Gasteiger partial charge in [-0.3, -0.25) is 9.69 Å². The Bertz CT molecular complexity index is 715. The number of ether oxygens (including phenoxy) is 1. The molecule has 0 aromatic heterocycles.